The molecule has 0 heterocycles. The van der Waals surface area contributed by atoms with E-state index in [1.807, 2.05) is 0 Å². The highest BCUT2D eigenvalue weighted by Gasteiger charge is 2.06. The molecule has 0 aliphatic rings. The van der Waals surface area contributed by atoms with Crippen LogP contribution in [0.3, 0.4) is 0 Å². The van der Waals surface area contributed by atoms with Crippen LogP contribution in [0.1, 0.15) is 10.4 Å². The lowest BCUT2D eigenvalue weighted by Gasteiger charge is -2.07. The van der Waals surface area contributed by atoms with Gasteiger partial charge in [-0.3, -0.25) is 0 Å². The average Bonchev–Trinajstić information content (AvgIpc) is 2.38. The third-order valence-corrected chi connectivity index (χ3v) is 2.61. The molecular formula is C14H10FO3-. The van der Waals surface area contributed by atoms with E-state index in [0.29, 0.717) is 11.3 Å². The Balaban J connectivity index is 2.39. The van der Waals surface area contributed by atoms with E-state index in [0.717, 1.165) is 5.56 Å². The Hall–Kier alpha value is -2.36. The first-order chi connectivity index (χ1) is 8.61. The zero-order valence-corrected chi connectivity index (χ0v) is 9.64. The van der Waals surface area contributed by atoms with Crippen LogP contribution in [-0.4, -0.2) is 13.1 Å². The molecule has 2 aromatic rings. The zero-order valence-electron chi connectivity index (χ0n) is 9.64. The second kappa shape index (κ2) is 4.87. The Kier molecular flexibility index (Phi) is 3.28. The molecule has 0 saturated carbocycles. The number of carbonyl (C=O) groups is 1. The Bertz CT molecular complexity index is 576. The Labute approximate surface area is 103 Å². The minimum atomic E-state index is -1.52. The molecule has 0 unspecified atom stereocenters. The lowest BCUT2D eigenvalue weighted by atomic mass is 10.0. The molecule has 18 heavy (non-hydrogen) atoms. The van der Waals surface area contributed by atoms with Gasteiger partial charge in [0.25, 0.3) is 0 Å². The lowest BCUT2D eigenvalue weighted by molar-refractivity contribution is -0.255. The average molecular weight is 245 g/mol. The van der Waals surface area contributed by atoms with E-state index < -0.39 is 17.3 Å². The molecule has 3 nitrogen and oxygen atoms in total. The van der Waals surface area contributed by atoms with Crippen LogP contribution in [0.4, 0.5) is 4.39 Å². The number of aromatic carboxylic acids is 1. The first kappa shape index (κ1) is 12.1. The van der Waals surface area contributed by atoms with Crippen molar-refractivity contribution in [3.8, 4) is 16.9 Å². The van der Waals surface area contributed by atoms with Crippen LogP contribution in [0.5, 0.6) is 5.75 Å². The summed E-state index contributed by atoms with van der Waals surface area (Å²) in [6.45, 7) is 0. The third kappa shape index (κ3) is 2.32. The third-order valence-electron chi connectivity index (χ3n) is 2.61. The standard InChI is InChI=1S/C14H11FO3/c1-18-11-5-2-9(3-6-11)10-4-7-12(14(16)17)13(15)8-10/h2-8H,1H3,(H,16,17)/p-1. The van der Waals surface area contributed by atoms with Crippen LogP contribution < -0.4 is 9.84 Å². The summed E-state index contributed by atoms with van der Waals surface area (Å²) >= 11 is 0. The quantitative estimate of drug-likeness (QED) is 0.829. The van der Waals surface area contributed by atoms with Crippen LogP contribution in [0, 0.1) is 5.82 Å². The smallest absolute Gasteiger partial charge is 0.132 e. The van der Waals surface area contributed by atoms with E-state index in [9.17, 15) is 14.3 Å². The normalized spacial score (nSPS) is 10.1. The van der Waals surface area contributed by atoms with Crippen molar-refractivity contribution >= 4 is 5.97 Å². The molecule has 0 atom stereocenters. The SMILES string of the molecule is COc1ccc(-c2ccc(C(=O)[O-])c(F)c2)cc1. The van der Waals surface area contributed by atoms with Crippen LogP contribution >= 0.6 is 0 Å². The Morgan fingerprint density at radius 3 is 2.22 bits per heavy atom. The summed E-state index contributed by atoms with van der Waals surface area (Å²) in [5.41, 5.74) is 0.937. The van der Waals surface area contributed by atoms with Gasteiger partial charge in [0, 0.05) is 5.56 Å². The molecule has 2 rings (SSSR count). The van der Waals surface area contributed by atoms with Gasteiger partial charge in [0.2, 0.25) is 0 Å². The van der Waals surface area contributed by atoms with E-state index in [4.69, 9.17) is 4.74 Å². The molecule has 0 spiro atoms. The van der Waals surface area contributed by atoms with E-state index in [1.165, 1.54) is 18.2 Å². The second-order valence-corrected chi connectivity index (χ2v) is 3.71. The molecule has 0 bridgehead atoms. The molecule has 4 heteroatoms. The molecule has 0 aromatic heterocycles. The Morgan fingerprint density at radius 2 is 1.72 bits per heavy atom. The number of carboxylic acid groups (broad SMARTS) is 1. The van der Waals surface area contributed by atoms with Gasteiger partial charge in [0.05, 0.1) is 13.1 Å². The molecule has 0 fully saturated rings. The summed E-state index contributed by atoms with van der Waals surface area (Å²) in [5.74, 6) is -1.62. The highest BCUT2D eigenvalue weighted by molar-refractivity contribution is 5.87. The molecule has 0 amide bonds. The van der Waals surface area contributed by atoms with Crippen molar-refractivity contribution < 1.29 is 19.0 Å². The van der Waals surface area contributed by atoms with Crippen molar-refractivity contribution in [1.29, 1.82) is 0 Å². The first-order valence-corrected chi connectivity index (χ1v) is 5.27. The van der Waals surface area contributed by atoms with Gasteiger partial charge < -0.3 is 14.6 Å². The van der Waals surface area contributed by atoms with Crippen molar-refractivity contribution in [1.82, 2.24) is 0 Å². The van der Waals surface area contributed by atoms with Crippen molar-refractivity contribution in [3.63, 3.8) is 0 Å². The fourth-order valence-corrected chi connectivity index (χ4v) is 1.64. The van der Waals surface area contributed by atoms with E-state index in [-0.39, 0.29) is 0 Å². The molecule has 0 aliphatic heterocycles. The fraction of sp³-hybridized carbons (Fsp3) is 0.0714. The highest BCUT2D eigenvalue weighted by atomic mass is 19.1. The summed E-state index contributed by atoms with van der Waals surface area (Å²) in [6, 6.07) is 10.9. The predicted molar refractivity (Wildman–Crippen MR) is 62.7 cm³/mol. The number of rotatable bonds is 3. The topological polar surface area (TPSA) is 49.4 Å². The molecule has 0 radical (unpaired) electrons. The number of hydrogen-bond acceptors (Lipinski definition) is 3. The number of carbonyl (C=O) groups excluding carboxylic acids is 1. The van der Waals surface area contributed by atoms with Gasteiger partial charge in [0.1, 0.15) is 11.6 Å². The number of halogens is 1. The van der Waals surface area contributed by atoms with Crippen molar-refractivity contribution in [2.75, 3.05) is 7.11 Å². The summed E-state index contributed by atoms with van der Waals surface area (Å²) < 4.78 is 18.5. The maximum Gasteiger partial charge on any atom is 0.132 e. The van der Waals surface area contributed by atoms with Gasteiger partial charge in [-0.15, -0.1) is 0 Å². The molecule has 92 valence electrons. The minimum absolute atomic E-state index is 0.438. The predicted octanol–water partition coefficient (Wildman–Crippen LogP) is 1.86. The highest BCUT2D eigenvalue weighted by Crippen LogP contribution is 2.24. The van der Waals surface area contributed by atoms with E-state index in [2.05, 4.69) is 0 Å². The molecular weight excluding hydrogens is 235 g/mol. The van der Waals surface area contributed by atoms with Gasteiger partial charge in [0.15, 0.2) is 0 Å². The number of methoxy groups -OCH3 is 1. The largest absolute Gasteiger partial charge is 0.545 e. The van der Waals surface area contributed by atoms with Crippen molar-refractivity contribution in [2.45, 2.75) is 0 Å². The monoisotopic (exact) mass is 245 g/mol. The number of hydrogen-bond donors (Lipinski definition) is 0. The number of benzene rings is 2. The maximum atomic E-state index is 13.5. The molecule has 2 aromatic carbocycles. The van der Waals surface area contributed by atoms with Crippen LogP contribution in [0.25, 0.3) is 11.1 Å². The van der Waals surface area contributed by atoms with Crippen molar-refractivity contribution in [2.24, 2.45) is 0 Å². The van der Waals surface area contributed by atoms with Crippen molar-refractivity contribution in [3.05, 3.63) is 53.8 Å². The van der Waals surface area contributed by atoms with Gasteiger partial charge in [-0.05, 0) is 35.4 Å². The summed E-state index contributed by atoms with van der Waals surface area (Å²) in [5, 5.41) is 10.6. The lowest BCUT2D eigenvalue weighted by Crippen LogP contribution is -2.23. The van der Waals surface area contributed by atoms with Crippen LogP contribution in [-0.2, 0) is 0 Å². The molecule has 0 saturated heterocycles. The van der Waals surface area contributed by atoms with Crippen LogP contribution in [0.15, 0.2) is 42.5 Å². The van der Waals surface area contributed by atoms with Crippen LogP contribution in [0.2, 0.25) is 0 Å². The van der Waals surface area contributed by atoms with Gasteiger partial charge in [-0.2, -0.15) is 0 Å². The minimum Gasteiger partial charge on any atom is -0.545 e. The maximum absolute atomic E-state index is 13.5. The summed E-state index contributed by atoms with van der Waals surface area (Å²) in [4.78, 5) is 10.6. The summed E-state index contributed by atoms with van der Waals surface area (Å²) in [6.07, 6.45) is 0. The van der Waals surface area contributed by atoms with E-state index >= 15 is 0 Å². The summed E-state index contributed by atoms with van der Waals surface area (Å²) in [7, 11) is 1.56. The zero-order chi connectivity index (χ0) is 13.1. The fourth-order valence-electron chi connectivity index (χ4n) is 1.64. The Morgan fingerprint density at radius 1 is 1.11 bits per heavy atom. The first-order valence-electron chi connectivity index (χ1n) is 5.27. The molecule has 0 N–H and O–H groups in total. The van der Waals surface area contributed by atoms with Gasteiger partial charge in [-0.25, -0.2) is 4.39 Å². The second-order valence-electron chi connectivity index (χ2n) is 3.71. The van der Waals surface area contributed by atoms with Gasteiger partial charge >= 0.3 is 0 Å². The van der Waals surface area contributed by atoms with E-state index in [1.54, 1.807) is 31.4 Å². The number of carboxylic acids is 1. The molecule has 0 aliphatic carbocycles. The number of ether oxygens (including phenoxy) is 1. The van der Waals surface area contributed by atoms with Gasteiger partial charge in [-0.1, -0.05) is 18.2 Å².